The van der Waals surface area contributed by atoms with Crippen molar-refractivity contribution >= 4 is 75.8 Å². The molecule has 2 unspecified atom stereocenters. The van der Waals surface area contributed by atoms with E-state index in [2.05, 4.69) is 55.3 Å². The molecule has 12 nitrogen and oxygen atoms in total. The normalized spacial score (nSPS) is 22.8. The maximum absolute atomic E-state index is 12.5. The topological polar surface area (TPSA) is 158 Å². The Labute approximate surface area is 382 Å². The van der Waals surface area contributed by atoms with Crippen molar-refractivity contribution < 1.29 is 23.9 Å². The van der Waals surface area contributed by atoms with Crippen LogP contribution in [-0.2, 0) is 22.7 Å². The summed E-state index contributed by atoms with van der Waals surface area (Å²) < 4.78 is 5.61. The first-order valence-electron chi connectivity index (χ1n) is 21.0. The van der Waals surface area contributed by atoms with Crippen molar-refractivity contribution in [2.24, 2.45) is 5.73 Å². The number of carbonyl (C=O) groups excluding carboxylic acids is 4. The van der Waals surface area contributed by atoms with Crippen molar-refractivity contribution in [1.29, 1.82) is 0 Å². The summed E-state index contributed by atoms with van der Waals surface area (Å²) in [5.41, 5.74) is 8.48. The van der Waals surface area contributed by atoms with Gasteiger partial charge in [0.05, 0.1) is 12.2 Å². The van der Waals surface area contributed by atoms with Crippen LogP contribution in [0.4, 0.5) is 10.5 Å². The highest BCUT2D eigenvalue weighted by atomic mass is 35.5. The summed E-state index contributed by atoms with van der Waals surface area (Å²) in [5.74, 6) is -0.312. The van der Waals surface area contributed by atoms with E-state index in [-0.39, 0.29) is 43.0 Å². The van der Waals surface area contributed by atoms with Crippen LogP contribution in [0.25, 0.3) is 0 Å². The molecule has 8 rings (SSSR count). The molecule has 5 amide bonds. The van der Waals surface area contributed by atoms with Crippen molar-refractivity contribution in [3.8, 4) is 5.75 Å². The molecule has 4 saturated heterocycles. The Morgan fingerprint density at radius 3 is 1.60 bits per heavy atom. The Balaban J connectivity index is 0.000000187. The first-order chi connectivity index (χ1) is 29.8. The monoisotopic (exact) mass is 921 g/mol. The third-order valence-electron chi connectivity index (χ3n) is 12.1. The van der Waals surface area contributed by atoms with Gasteiger partial charge in [0.1, 0.15) is 5.75 Å². The minimum atomic E-state index is -0.734. The zero-order valence-corrected chi connectivity index (χ0v) is 37.2. The summed E-state index contributed by atoms with van der Waals surface area (Å²) in [6, 6.07) is 28.9. The lowest BCUT2D eigenvalue weighted by atomic mass is 9.96. The molecule has 0 radical (unpaired) electrons. The Hall–Kier alpha value is -4.56. The van der Waals surface area contributed by atoms with E-state index in [1.165, 1.54) is 17.2 Å². The number of nitrogens with zero attached hydrogens (tertiary/aromatic N) is 2. The van der Waals surface area contributed by atoms with Crippen molar-refractivity contribution in [1.82, 2.24) is 25.8 Å². The van der Waals surface area contributed by atoms with Gasteiger partial charge in [0.25, 0.3) is 11.8 Å². The number of carbonyl (C=O) groups is 4. The number of fused-ring (bicyclic) bond motifs is 4. The zero-order valence-electron chi connectivity index (χ0n) is 34.1. The van der Waals surface area contributed by atoms with Gasteiger partial charge >= 0.3 is 6.03 Å². The fraction of sp³-hybridized carbons (Fsp3) is 0.391. The molecular formula is C46H51Cl4N7O5. The van der Waals surface area contributed by atoms with Crippen LogP contribution in [0.15, 0.2) is 91.0 Å². The molecule has 0 spiro atoms. The summed E-state index contributed by atoms with van der Waals surface area (Å²) in [6.45, 7) is 1.63. The third-order valence-corrected chi connectivity index (χ3v) is 13.1. The van der Waals surface area contributed by atoms with Crippen LogP contribution in [0.3, 0.4) is 0 Å². The Kier molecular flexibility index (Phi) is 15.6. The maximum Gasteiger partial charge on any atom is 0.316 e. The molecule has 6 N–H and O–H groups in total. The second-order valence-electron chi connectivity index (χ2n) is 16.5. The number of ether oxygens (including phenoxy) is 1. The molecule has 0 aliphatic carbocycles. The number of urea groups is 1. The minimum Gasteiger partial charge on any atom is -0.482 e. The number of hydrogen-bond acceptors (Lipinski definition) is 7. The maximum atomic E-state index is 12.5. The number of primary amides is 1. The van der Waals surface area contributed by atoms with Crippen molar-refractivity contribution in [3.05, 3.63) is 128 Å². The average molecular weight is 924 g/mol. The van der Waals surface area contributed by atoms with Crippen LogP contribution >= 0.6 is 46.4 Å². The second kappa shape index (κ2) is 21.2. The summed E-state index contributed by atoms with van der Waals surface area (Å²) in [7, 11) is 0. The van der Waals surface area contributed by atoms with E-state index in [9.17, 15) is 19.2 Å². The number of rotatable bonds is 13. The lowest BCUT2D eigenvalue weighted by Crippen LogP contribution is -2.51. The number of nitrogens with two attached hydrogens (primary N) is 1. The summed E-state index contributed by atoms with van der Waals surface area (Å²) >= 11 is 23.9. The molecular weight excluding hydrogens is 872 g/mol. The highest BCUT2D eigenvalue weighted by Crippen LogP contribution is 2.38. The van der Waals surface area contributed by atoms with Crippen LogP contribution in [0.2, 0.25) is 20.1 Å². The van der Waals surface area contributed by atoms with Gasteiger partial charge in [-0.2, -0.15) is 0 Å². The van der Waals surface area contributed by atoms with Gasteiger partial charge in [0.2, 0.25) is 5.91 Å². The van der Waals surface area contributed by atoms with Gasteiger partial charge in [0.15, 0.2) is 6.61 Å². The van der Waals surface area contributed by atoms with E-state index in [1.54, 1.807) is 36.4 Å². The van der Waals surface area contributed by atoms with E-state index in [0.717, 1.165) is 74.5 Å². The molecule has 4 aromatic carbocycles. The molecule has 62 heavy (non-hydrogen) atoms. The van der Waals surface area contributed by atoms with Crippen LogP contribution in [-0.4, -0.2) is 83.0 Å². The van der Waals surface area contributed by atoms with E-state index < -0.39 is 6.03 Å². The standard InChI is InChI=1S/C23H26Cl2N4O3.C23H25Cl2N3O2/c24-15-3-1-14(2-4-15)12-29-18-6-7-19(29)11-17(10-18)27-22(30)13-32-21-8-5-16(25)9-20(21)28-23(26)31;24-17-6-4-15(5-7-17)14-28-20-8-9-21(28)12-19(11-20)27-22(29)13-26-23(30)16-2-1-3-18(25)10-16/h1-5,8-9,17-19H,6-7,10-13H2,(H,27,30)(H3,26,28,31);1-7,10,19-21H,8-9,11-14H2,(H,26,30)(H,27,29)/t17?,18-,19+;19?,20-,21+. The van der Waals surface area contributed by atoms with E-state index in [1.807, 2.05) is 24.3 Å². The molecule has 4 aliphatic rings. The third kappa shape index (κ3) is 12.5. The average Bonchev–Trinajstić information content (AvgIpc) is 3.60. The smallest absolute Gasteiger partial charge is 0.316 e. The lowest BCUT2D eigenvalue weighted by molar-refractivity contribution is -0.124. The SMILES string of the molecule is NC(=O)Nc1cc(Cl)ccc1OCC(=O)NC1C[C@H]2CC[C@@H](C1)N2Cc1ccc(Cl)cc1.O=C(CNC(=O)c1cccc(Cl)c1)NC1C[C@H]2CC[C@@H](C1)N2Cc1ccc(Cl)cc1. The predicted molar refractivity (Wildman–Crippen MR) is 244 cm³/mol. The van der Waals surface area contributed by atoms with Gasteiger partial charge < -0.3 is 31.7 Å². The quantitative estimate of drug-likeness (QED) is 0.0905. The van der Waals surface area contributed by atoms with Crippen molar-refractivity contribution in [3.63, 3.8) is 0 Å². The first kappa shape index (κ1) is 45.5. The summed E-state index contributed by atoms with van der Waals surface area (Å²) in [4.78, 5) is 53.4. The Bertz CT molecular complexity index is 2190. The van der Waals surface area contributed by atoms with Gasteiger partial charge in [-0.15, -0.1) is 0 Å². The highest BCUT2D eigenvalue weighted by molar-refractivity contribution is 6.31. The Morgan fingerprint density at radius 1 is 0.613 bits per heavy atom. The van der Waals surface area contributed by atoms with Crippen molar-refractivity contribution in [2.45, 2.75) is 101 Å². The van der Waals surface area contributed by atoms with Crippen LogP contribution in [0.1, 0.15) is 72.9 Å². The number of halogens is 4. The zero-order chi connectivity index (χ0) is 43.8. The molecule has 0 aromatic heterocycles. The number of nitrogens with one attached hydrogen (secondary N) is 4. The molecule has 328 valence electrons. The molecule has 6 atom stereocenters. The minimum absolute atomic E-state index is 0.0360. The second-order valence-corrected chi connectivity index (χ2v) is 18.2. The largest absolute Gasteiger partial charge is 0.482 e. The highest BCUT2D eigenvalue weighted by Gasteiger charge is 2.42. The van der Waals surface area contributed by atoms with Gasteiger partial charge in [-0.3, -0.25) is 24.2 Å². The molecule has 4 fully saturated rings. The van der Waals surface area contributed by atoms with Crippen LogP contribution in [0.5, 0.6) is 5.75 Å². The van der Waals surface area contributed by atoms with Crippen LogP contribution < -0.4 is 31.7 Å². The molecule has 0 saturated carbocycles. The predicted octanol–water partition coefficient (Wildman–Crippen LogP) is 8.21. The van der Waals surface area contributed by atoms with Gasteiger partial charge in [-0.25, -0.2) is 4.79 Å². The fourth-order valence-corrected chi connectivity index (χ4v) is 9.96. The van der Waals surface area contributed by atoms with Gasteiger partial charge in [-0.1, -0.05) is 76.7 Å². The fourth-order valence-electron chi connectivity index (χ4n) is 9.34. The molecule has 4 bridgehead atoms. The van der Waals surface area contributed by atoms with Gasteiger partial charge in [-0.05, 0) is 123 Å². The van der Waals surface area contributed by atoms with Crippen LogP contribution in [0, 0.1) is 0 Å². The number of piperidine rings is 2. The number of benzene rings is 4. The molecule has 16 heteroatoms. The number of amides is 5. The van der Waals surface area contributed by atoms with E-state index in [4.69, 9.17) is 56.9 Å². The Morgan fingerprint density at radius 2 is 1.10 bits per heavy atom. The molecule has 4 aromatic rings. The van der Waals surface area contributed by atoms with E-state index in [0.29, 0.717) is 51.2 Å². The molecule has 4 aliphatic heterocycles. The van der Waals surface area contributed by atoms with Gasteiger partial charge in [0, 0.05) is 75.0 Å². The lowest BCUT2D eigenvalue weighted by Gasteiger charge is -2.39. The molecule has 4 heterocycles. The summed E-state index contributed by atoms with van der Waals surface area (Å²) in [6.07, 6.45) is 8.35. The number of anilines is 1. The first-order valence-corrected chi connectivity index (χ1v) is 22.5. The van der Waals surface area contributed by atoms with E-state index >= 15 is 0 Å². The summed E-state index contributed by atoms with van der Waals surface area (Å²) in [5, 5.41) is 13.8. The van der Waals surface area contributed by atoms with Crippen molar-refractivity contribution in [2.75, 3.05) is 18.5 Å². The number of hydrogen-bond donors (Lipinski definition) is 5.